The minimum Gasteiger partial charge on any atom is -0.371 e. The number of unbranched alkanes of at least 4 members (excludes halogenated alkanes) is 1. The van der Waals surface area contributed by atoms with Crippen LogP contribution in [0.2, 0.25) is 0 Å². The van der Waals surface area contributed by atoms with E-state index in [0.29, 0.717) is 11.4 Å². The molecule has 0 N–H and O–H groups in total. The zero-order valence-corrected chi connectivity index (χ0v) is 22.3. The Morgan fingerprint density at radius 1 is 0.838 bits per heavy atom. The highest BCUT2D eigenvalue weighted by atomic mass is 32.1. The van der Waals surface area contributed by atoms with E-state index in [1.807, 2.05) is 68.4 Å². The molecule has 0 saturated carbocycles. The Morgan fingerprint density at radius 2 is 1.41 bits per heavy atom. The molecule has 0 aliphatic carbocycles. The molecular weight excluding hydrogens is 478 g/mol. The standard InChI is InChI=1S/C31H31N3O2S/c1-4-5-17-32-18-16-24-19-23(10-15-28(24)32)20-27-29(35)33(25-11-6-21(2)7-12-25)31(37)34(30(27)36)26-13-8-22(3)9-14-26/h6-15,19-20H,4-5,16-18H2,1-3H3. The van der Waals surface area contributed by atoms with E-state index in [4.69, 9.17) is 12.2 Å². The first kappa shape index (κ1) is 24.9. The second kappa shape index (κ2) is 10.3. The van der Waals surface area contributed by atoms with Crippen LogP contribution in [0, 0.1) is 13.8 Å². The molecule has 2 heterocycles. The summed E-state index contributed by atoms with van der Waals surface area (Å²) in [4.78, 5) is 32.9. The Morgan fingerprint density at radius 3 is 1.95 bits per heavy atom. The van der Waals surface area contributed by atoms with E-state index in [1.165, 1.54) is 21.1 Å². The highest BCUT2D eigenvalue weighted by Gasteiger charge is 2.41. The number of anilines is 3. The minimum atomic E-state index is -0.410. The first-order chi connectivity index (χ1) is 17.9. The van der Waals surface area contributed by atoms with Gasteiger partial charge in [0.25, 0.3) is 11.8 Å². The Labute approximate surface area is 224 Å². The lowest BCUT2D eigenvalue weighted by Gasteiger charge is -2.36. The first-order valence-corrected chi connectivity index (χ1v) is 13.2. The van der Waals surface area contributed by atoms with E-state index in [0.717, 1.165) is 49.0 Å². The van der Waals surface area contributed by atoms with E-state index in [1.54, 1.807) is 6.08 Å². The van der Waals surface area contributed by atoms with Gasteiger partial charge in [0, 0.05) is 18.8 Å². The fourth-order valence-corrected chi connectivity index (χ4v) is 5.28. The van der Waals surface area contributed by atoms with E-state index in [2.05, 4.69) is 24.0 Å². The van der Waals surface area contributed by atoms with Crippen LogP contribution in [0.15, 0.2) is 72.3 Å². The lowest BCUT2D eigenvalue weighted by molar-refractivity contribution is -0.120. The van der Waals surface area contributed by atoms with Crippen LogP contribution in [-0.2, 0) is 16.0 Å². The zero-order valence-electron chi connectivity index (χ0n) is 21.5. The second-order valence-corrected chi connectivity index (χ2v) is 10.1. The van der Waals surface area contributed by atoms with E-state index >= 15 is 0 Å². The van der Waals surface area contributed by atoms with Gasteiger partial charge in [-0.2, -0.15) is 0 Å². The Kier molecular flexibility index (Phi) is 6.94. The number of fused-ring (bicyclic) bond motifs is 1. The summed E-state index contributed by atoms with van der Waals surface area (Å²) < 4.78 is 0. The van der Waals surface area contributed by atoms with Gasteiger partial charge in [-0.05, 0) is 92.5 Å². The summed E-state index contributed by atoms with van der Waals surface area (Å²) in [6.07, 6.45) is 5.01. The van der Waals surface area contributed by atoms with Gasteiger partial charge in [0.2, 0.25) is 0 Å². The molecule has 5 nitrogen and oxygen atoms in total. The maximum Gasteiger partial charge on any atom is 0.270 e. The van der Waals surface area contributed by atoms with Crippen LogP contribution in [0.3, 0.4) is 0 Å². The zero-order chi connectivity index (χ0) is 26.1. The molecular formula is C31H31N3O2S. The lowest BCUT2D eigenvalue weighted by atomic mass is 10.0. The fourth-order valence-electron chi connectivity index (χ4n) is 4.90. The molecule has 0 unspecified atom stereocenters. The first-order valence-electron chi connectivity index (χ1n) is 12.8. The summed E-state index contributed by atoms with van der Waals surface area (Å²) in [5.74, 6) is -0.820. The van der Waals surface area contributed by atoms with Crippen molar-refractivity contribution in [2.45, 2.75) is 40.0 Å². The number of rotatable bonds is 6. The summed E-state index contributed by atoms with van der Waals surface area (Å²) >= 11 is 5.74. The van der Waals surface area contributed by atoms with Crippen molar-refractivity contribution in [2.24, 2.45) is 0 Å². The molecule has 2 amide bonds. The molecule has 1 saturated heterocycles. The maximum atomic E-state index is 13.8. The van der Waals surface area contributed by atoms with Crippen LogP contribution < -0.4 is 14.7 Å². The van der Waals surface area contributed by atoms with Gasteiger partial charge in [0.1, 0.15) is 5.57 Å². The van der Waals surface area contributed by atoms with Gasteiger partial charge in [-0.25, -0.2) is 0 Å². The van der Waals surface area contributed by atoms with Gasteiger partial charge in [-0.3, -0.25) is 19.4 Å². The number of thiocarbonyl (C=S) groups is 1. The van der Waals surface area contributed by atoms with Gasteiger partial charge in [0.05, 0.1) is 11.4 Å². The fraction of sp³-hybridized carbons (Fsp3) is 0.258. The molecule has 0 radical (unpaired) electrons. The van der Waals surface area contributed by atoms with Crippen molar-refractivity contribution in [1.82, 2.24) is 0 Å². The third kappa shape index (κ3) is 4.81. The molecule has 2 aliphatic heterocycles. The molecule has 0 aromatic heterocycles. The van der Waals surface area contributed by atoms with Gasteiger partial charge in [-0.1, -0.05) is 54.8 Å². The third-order valence-electron chi connectivity index (χ3n) is 7.02. The SMILES string of the molecule is CCCCN1CCc2cc(C=C3C(=O)N(c4ccc(C)cc4)C(=S)N(c4ccc(C)cc4)C3=O)ccc21. The van der Waals surface area contributed by atoms with Crippen LogP contribution in [0.25, 0.3) is 6.08 Å². The van der Waals surface area contributed by atoms with Crippen LogP contribution in [-0.4, -0.2) is 30.0 Å². The van der Waals surface area contributed by atoms with Crippen LogP contribution in [0.5, 0.6) is 0 Å². The Balaban J connectivity index is 1.56. The monoisotopic (exact) mass is 509 g/mol. The quantitative estimate of drug-likeness (QED) is 0.225. The van der Waals surface area contributed by atoms with Crippen molar-refractivity contribution in [1.29, 1.82) is 0 Å². The topological polar surface area (TPSA) is 43.9 Å². The predicted octanol–water partition coefficient (Wildman–Crippen LogP) is 6.21. The van der Waals surface area contributed by atoms with Crippen LogP contribution in [0.4, 0.5) is 17.1 Å². The molecule has 37 heavy (non-hydrogen) atoms. The lowest BCUT2D eigenvalue weighted by Crippen LogP contribution is -2.56. The van der Waals surface area contributed by atoms with E-state index < -0.39 is 11.8 Å². The van der Waals surface area contributed by atoms with E-state index in [9.17, 15) is 9.59 Å². The molecule has 3 aromatic rings. The predicted molar refractivity (Wildman–Crippen MR) is 155 cm³/mol. The van der Waals surface area contributed by atoms with Crippen LogP contribution in [0.1, 0.15) is 42.0 Å². The number of hydrogen-bond acceptors (Lipinski definition) is 4. The van der Waals surface area contributed by atoms with Crippen molar-refractivity contribution < 1.29 is 9.59 Å². The Bertz CT molecular complexity index is 1320. The maximum absolute atomic E-state index is 13.8. The number of carbonyl (C=O) groups is 2. The van der Waals surface area contributed by atoms with Crippen molar-refractivity contribution >= 4 is 52.3 Å². The summed E-state index contributed by atoms with van der Waals surface area (Å²) in [6, 6.07) is 21.4. The van der Waals surface area contributed by atoms with Crippen molar-refractivity contribution in [3.05, 3.63) is 94.6 Å². The highest BCUT2D eigenvalue weighted by molar-refractivity contribution is 7.81. The summed E-state index contributed by atoms with van der Waals surface area (Å²) in [6.45, 7) is 8.24. The third-order valence-corrected chi connectivity index (χ3v) is 7.39. The van der Waals surface area contributed by atoms with Gasteiger partial charge in [0.15, 0.2) is 5.11 Å². The molecule has 0 spiro atoms. The average Bonchev–Trinajstić information content (AvgIpc) is 3.29. The van der Waals surface area contributed by atoms with Crippen molar-refractivity contribution in [3.63, 3.8) is 0 Å². The molecule has 188 valence electrons. The van der Waals surface area contributed by atoms with E-state index in [-0.39, 0.29) is 10.7 Å². The molecule has 3 aromatic carbocycles. The molecule has 0 bridgehead atoms. The average molecular weight is 510 g/mol. The van der Waals surface area contributed by atoms with Gasteiger partial charge in [-0.15, -0.1) is 0 Å². The Hall–Kier alpha value is -3.77. The minimum absolute atomic E-state index is 0.0931. The van der Waals surface area contributed by atoms with Gasteiger partial charge < -0.3 is 4.90 Å². The molecule has 1 fully saturated rings. The highest BCUT2D eigenvalue weighted by Crippen LogP contribution is 2.33. The number of aryl methyl sites for hydroxylation is 2. The number of nitrogens with zero attached hydrogens (tertiary/aromatic N) is 3. The normalized spacial score (nSPS) is 15.5. The molecule has 2 aliphatic rings. The second-order valence-electron chi connectivity index (χ2n) is 9.77. The smallest absolute Gasteiger partial charge is 0.270 e. The number of hydrogen-bond donors (Lipinski definition) is 0. The number of benzene rings is 3. The van der Waals surface area contributed by atoms with Gasteiger partial charge >= 0.3 is 0 Å². The summed E-state index contributed by atoms with van der Waals surface area (Å²) in [5, 5.41) is 0.153. The summed E-state index contributed by atoms with van der Waals surface area (Å²) in [7, 11) is 0. The summed E-state index contributed by atoms with van der Waals surface area (Å²) in [5.41, 5.74) is 6.86. The molecule has 6 heteroatoms. The largest absolute Gasteiger partial charge is 0.371 e. The van der Waals surface area contributed by atoms with Crippen molar-refractivity contribution in [3.8, 4) is 0 Å². The molecule has 5 rings (SSSR count). The van der Waals surface area contributed by atoms with Crippen molar-refractivity contribution in [2.75, 3.05) is 27.8 Å². The van der Waals surface area contributed by atoms with Crippen LogP contribution >= 0.6 is 12.2 Å². The molecule has 0 atom stereocenters. The number of carbonyl (C=O) groups excluding carboxylic acids is 2. The number of amides is 2.